The van der Waals surface area contributed by atoms with E-state index >= 15 is 0 Å². The smallest absolute Gasteiger partial charge is 0.364 e. The Morgan fingerprint density at radius 2 is 2.19 bits per heavy atom. The molecule has 1 fully saturated rings. The lowest BCUT2D eigenvalue weighted by atomic mass is 10.6. The van der Waals surface area contributed by atoms with Gasteiger partial charge in [-0.2, -0.15) is 17.5 Å². The van der Waals surface area contributed by atoms with Crippen molar-refractivity contribution < 1.29 is 17.9 Å². The number of nitrogens with one attached hydrogen (secondary N) is 1. The first-order valence-electron chi connectivity index (χ1n) is 4.76. The van der Waals surface area contributed by atoms with Crippen molar-refractivity contribution in [3.8, 4) is 0 Å². The first-order valence-corrected chi connectivity index (χ1v) is 5.54. The molecule has 1 saturated carbocycles. The molecule has 1 N–H and O–H groups in total. The highest BCUT2D eigenvalue weighted by atomic mass is 32.1. The van der Waals surface area contributed by atoms with Crippen molar-refractivity contribution in [1.29, 1.82) is 0 Å². The fraction of sp³-hybridized carbons (Fsp3) is 0.750. The molecule has 8 heteroatoms. The van der Waals surface area contributed by atoms with Crippen molar-refractivity contribution in [3.05, 3.63) is 5.82 Å². The standard InChI is InChI=1S/C8H10F3N3OS/c9-8(10,11)4-15-3-6-13-7(16-14-6)12-5-1-2-5/h5H,1-4H2,(H,12,13,14). The Balaban J connectivity index is 1.74. The summed E-state index contributed by atoms with van der Waals surface area (Å²) < 4.78 is 43.6. The molecular formula is C8H10F3N3OS. The molecule has 1 aliphatic carbocycles. The number of ether oxygens (including phenoxy) is 1. The minimum atomic E-state index is -4.30. The third kappa shape index (κ3) is 3.93. The normalized spacial score (nSPS) is 16.4. The lowest BCUT2D eigenvalue weighted by Crippen LogP contribution is -2.17. The Bertz CT molecular complexity index is 351. The molecule has 0 aromatic carbocycles. The highest BCUT2D eigenvalue weighted by molar-refractivity contribution is 7.09. The minimum Gasteiger partial charge on any atom is -0.364 e. The van der Waals surface area contributed by atoms with E-state index in [-0.39, 0.29) is 12.4 Å². The topological polar surface area (TPSA) is 47.0 Å². The van der Waals surface area contributed by atoms with E-state index in [9.17, 15) is 13.2 Å². The van der Waals surface area contributed by atoms with Gasteiger partial charge < -0.3 is 10.1 Å². The van der Waals surface area contributed by atoms with E-state index in [0.29, 0.717) is 11.2 Å². The van der Waals surface area contributed by atoms with E-state index in [1.165, 1.54) is 0 Å². The van der Waals surface area contributed by atoms with Crippen molar-refractivity contribution >= 4 is 16.7 Å². The summed E-state index contributed by atoms with van der Waals surface area (Å²) in [5, 5.41) is 3.76. The molecule has 0 saturated heterocycles. The van der Waals surface area contributed by atoms with E-state index < -0.39 is 12.8 Å². The van der Waals surface area contributed by atoms with Crippen LogP contribution in [0.2, 0.25) is 0 Å². The molecule has 1 heterocycles. The van der Waals surface area contributed by atoms with E-state index in [1.54, 1.807) is 0 Å². The number of halogens is 3. The number of nitrogens with zero attached hydrogens (tertiary/aromatic N) is 2. The highest BCUT2D eigenvalue weighted by Crippen LogP contribution is 2.25. The molecule has 0 aliphatic heterocycles. The van der Waals surface area contributed by atoms with Gasteiger partial charge in [-0.15, -0.1) is 0 Å². The third-order valence-electron chi connectivity index (χ3n) is 1.87. The van der Waals surface area contributed by atoms with E-state index in [2.05, 4.69) is 19.4 Å². The number of rotatable bonds is 5. The Hall–Kier alpha value is -0.890. The Kier molecular flexibility index (Phi) is 3.29. The summed E-state index contributed by atoms with van der Waals surface area (Å²) in [6.07, 6.45) is -2.08. The van der Waals surface area contributed by atoms with Crippen molar-refractivity contribution in [1.82, 2.24) is 9.36 Å². The molecule has 0 unspecified atom stereocenters. The zero-order valence-corrected chi connectivity index (χ0v) is 9.07. The van der Waals surface area contributed by atoms with Gasteiger partial charge in [0.1, 0.15) is 13.2 Å². The monoisotopic (exact) mass is 253 g/mol. The number of alkyl halides is 3. The van der Waals surface area contributed by atoms with Crippen LogP contribution in [0.25, 0.3) is 0 Å². The average Bonchev–Trinajstić information content (AvgIpc) is 2.84. The molecule has 0 bridgehead atoms. The molecule has 2 rings (SSSR count). The zero-order chi connectivity index (χ0) is 11.6. The quantitative estimate of drug-likeness (QED) is 0.873. The van der Waals surface area contributed by atoms with E-state index in [0.717, 1.165) is 24.4 Å². The van der Waals surface area contributed by atoms with Gasteiger partial charge in [0.05, 0.1) is 0 Å². The summed E-state index contributed by atoms with van der Waals surface area (Å²) in [5.41, 5.74) is 0. The van der Waals surface area contributed by atoms with Crippen molar-refractivity contribution in [2.24, 2.45) is 0 Å². The molecule has 0 radical (unpaired) electrons. The second kappa shape index (κ2) is 4.54. The fourth-order valence-corrected chi connectivity index (χ4v) is 1.68. The van der Waals surface area contributed by atoms with Crippen molar-refractivity contribution in [3.63, 3.8) is 0 Å². The highest BCUT2D eigenvalue weighted by Gasteiger charge is 2.27. The SMILES string of the molecule is FC(F)(F)COCc1nsc(NC2CC2)n1. The van der Waals surface area contributed by atoms with Crippen molar-refractivity contribution in [2.45, 2.75) is 31.7 Å². The van der Waals surface area contributed by atoms with Gasteiger partial charge in [0.2, 0.25) is 5.13 Å². The summed E-state index contributed by atoms with van der Waals surface area (Å²) in [6, 6.07) is 0.455. The first kappa shape index (κ1) is 11.6. The van der Waals surface area contributed by atoms with Crippen LogP contribution in [0.1, 0.15) is 18.7 Å². The predicted molar refractivity (Wildman–Crippen MR) is 52.3 cm³/mol. The van der Waals surface area contributed by atoms with Crippen LogP contribution in [0.15, 0.2) is 0 Å². The van der Waals surface area contributed by atoms with Gasteiger partial charge in [0, 0.05) is 17.6 Å². The molecule has 16 heavy (non-hydrogen) atoms. The van der Waals surface area contributed by atoms with Gasteiger partial charge in [-0.25, -0.2) is 4.98 Å². The van der Waals surface area contributed by atoms with Gasteiger partial charge in [0.15, 0.2) is 5.82 Å². The maximum Gasteiger partial charge on any atom is 0.411 e. The van der Waals surface area contributed by atoms with Gasteiger partial charge >= 0.3 is 6.18 Å². The molecule has 90 valence electrons. The van der Waals surface area contributed by atoms with Crippen LogP contribution in [-0.4, -0.2) is 28.2 Å². The second-order valence-electron chi connectivity index (χ2n) is 3.54. The van der Waals surface area contributed by atoms with Gasteiger partial charge in [-0.05, 0) is 12.8 Å². The van der Waals surface area contributed by atoms with Gasteiger partial charge in [-0.1, -0.05) is 0 Å². The van der Waals surface area contributed by atoms with E-state index in [4.69, 9.17) is 0 Å². The predicted octanol–water partition coefficient (Wildman–Crippen LogP) is 2.19. The number of hydrogen-bond donors (Lipinski definition) is 1. The maximum atomic E-state index is 11.8. The Labute approximate surface area is 94.0 Å². The Morgan fingerprint density at radius 1 is 1.44 bits per heavy atom. The lowest BCUT2D eigenvalue weighted by Gasteiger charge is -2.04. The van der Waals surface area contributed by atoms with Crippen molar-refractivity contribution in [2.75, 3.05) is 11.9 Å². The number of anilines is 1. The molecule has 1 aliphatic rings. The first-order chi connectivity index (χ1) is 7.53. The minimum absolute atomic E-state index is 0.206. The molecular weight excluding hydrogens is 243 g/mol. The average molecular weight is 253 g/mol. The summed E-state index contributed by atoms with van der Waals surface area (Å²) >= 11 is 1.14. The van der Waals surface area contributed by atoms with Crippen LogP contribution in [0, 0.1) is 0 Å². The van der Waals surface area contributed by atoms with Crippen LogP contribution in [0.5, 0.6) is 0 Å². The molecule has 0 spiro atoms. The van der Waals surface area contributed by atoms with Crippen LogP contribution < -0.4 is 5.32 Å². The zero-order valence-electron chi connectivity index (χ0n) is 8.25. The van der Waals surface area contributed by atoms with Gasteiger partial charge in [-0.3, -0.25) is 0 Å². The largest absolute Gasteiger partial charge is 0.411 e. The van der Waals surface area contributed by atoms with E-state index in [1.807, 2.05) is 0 Å². The lowest BCUT2D eigenvalue weighted by molar-refractivity contribution is -0.177. The third-order valence-corrected chi connectivity index (χ3v) is 2.55. The van der Waals surface area contributed by atoms with Crippen LogP contribution in [0.3, 0.4) is 0 Å². The van der Waals surface area contributed by atoms with Crippen LogP contribution >= 0.6 is 11.5 Å². The summed E-state index contributed by atoms with van der Waals surface area (Å²) in [5.74, 6) is 0.289. The summed E-state index contributed by atoms with van der Waals surface area (Å²) in [4.78, 5) is 4.01. The number of aromatic nitrogens is 2. The number of hydrogen-bond acceptors (Lipinski definition) is 5. The summed E-state index contributed by atoms with van der Waals surface area (Å²) in [7, 11) is 0. The molecule has 0 amide bonds. The summed E-state index contributed by atoms with van der Waals surface area (Å²) in [6.45, 7) is -1.47. The molecule has 1 aromatic heterocycles. The second-order valence-corrected chi connectivity index (χ2v) is 4.29. The van der Waals surface area contributed by atoms with Crippen LogP contribution in [0.4, 0.5) is 18.3 Å². The molecule has 1 aromatic rings. The molecule has 4 nitrogen and oxygen atoms in total. The maximum absolute atomic E-state index is 11.8. The van der Waals surface area contributed by atoms with Gasteiger partial charge in [0.25, 0.3) is 0 Å². The Morgan fingerprint density at radius 3 is 2.81 bits per heavy atom. The fourth-order valence-electron chi connectivity index (χ4n) is 1.03. The molecule has 0 atom stereocenters. The van der Waals surface area contributed by atoms with Crippen LogP contribution in [-0.2, 0) is 11.3 Å².